The van der Waals surface area contributed by atoms with Gasteiger partial charge < -0.3 is 33.8 Å². The molecule has 0 aromatic carbocycles. The maximum atomic E-state index is 13.0. The van der Waals surface area contributed by atoms with Crippen molar-refractivity contribution >= 4 is 39.5 Å². The molecule has 3 N–H and O–H groups in total. The van der Waals surface area contributed by atoms with Crippen molar-refractivity contribution in [3.05, 3.63) is 0 Å². The molecule has 0 saturated heterocycles. The largest absolute Gasteiger partial charge is 0.472 e. The predicted octanol–water partition coefficient (Wildman–Crippen LogP) is 19.0. The maximum Gasteiger partial charge on any atom is 0.472 e. The first kappa shape index (κ1) is 84.1. The van der Waals surface area contributed by atoms with Gasteiger partial charge in [0.1, 0.15) is 19.3 Å². The van der Waals surface area contributed by atoms with E-state index in [9.17, 15) is 43.2 Å². The number of aliphatic hydroxyl groups excluding tert-OH is 1. The van der Waals surface area contributed by atoms with Crippen LogP contribution in [-0.2, 0) is 65.4 Å². The average Bonchev–Trinajstić information content (AvgIpc) is 3.52. The van der Waals surface area contributed by atoms with Crippen LogP contribution in [0.15, 0.2) is 0 Å². The van der Waals surface area contributed by atoms with E-state index in [2.05, 4.69) is 34.6 Å². The summed E-state index contributed by atoms with van der Waals surface area (Å²) in [5, 5.41) is 10.5. The molecule has 0 amide bonds. The lowest BCUT2D eigenvalue weighted by atomic mass is 10.0. The quantitative estimate of drug-likeness (QED) is 0.0222. The molecule has 2 unspecified atom stereocenters. The number of aliphatic hydroxyl groups is 1. The van der Waals surface area contributed by atoms with Gasteiger partial charge in [0, 0.05) is 25.7 Å². The number of ether oxygens (including phenoxy) is 4. The Morgan fingerprint density at radius 2 is 0.535 bits per heavy atom. The second-order valence-corrected chi connectivity index (χ2v) is 27.6. The number of rotatable bonds is 67. The van der Waals surface area contributed by atoms with Gasteiger partial charge in [0.25, 0.3) is 0 Å². The number of phosphoric ester groups is 2. The highest BCUT2D eigenvalue weighted by atomic mass is 31.2. The molecular formula is C67H130O17P2. The summed E-state index contributed by atoms with van der Waals surface area (Å²) in [6.07, 6.45) is 46.1. The Balaban J connectivity index is 5.17. The fraction of sp³-hybridized carbons (Fsp3) is 0.940. The molecular weight excluding hydrogens is 1140 g/mol. The van der Waals surface area contributed by atoms with Crippen LogP contribution in [0.3, 0.4) is 0 Å². The van der Waals surface area contributed by atoms with E-state index in [-0.39, 0.29) is 25.7 Å². The van der Waals surface area contributed by atoms with Gasteiger partial charge in [-0.3, -0.25) is 37.3 Å². The Bertz CT molecular complexity index is 1670. The van der Waals surface area contributed by atoms with E-state index >= 15 is 0 Å². The first-order valence-electron chi connectivity index (χ1n) is 35.1. The van der Waals surface area contributed by atoms with Crippen LogP contribution in [-0.4, -0.2) is 96.7 Å². The summed E-state index contributed by atoms with van der Waals surface area (Å²) in [4.78, 5) is 72.1. The lowest BCUT2D eigenvalue weighted by molar-refractivity contribution is -0.161. The summed E-state index contributed by atoms with van der Waals surface area (Å²) in [5.74, 6) is -1.40. The average molecular weight is 1270 g/mol. The Hall–Kier alpha value is -1.94. The summed E-state index contributed by atoms with van der Waals surface area (Å²) in [6, 6.07) is 0. The molecule has 0 aliphatic heterocycles. The topological polar surface area (TPSA) is 237 Å². The monoisotopic (exact) mass is 1270 g/mol. The maximum absolute atomic E-state index is 13.0. The zero-order valence-corrected chi connectivity index (χ0v) is 57.2. The Labute approximate surface area is 524 Å². The van der Waals surface area contributed by atoms with Crippen LogP contribution in [0.1, 0.15) is 343 Å². The molecule has 0 rings (SSSR count). The highest BCUT2D eigenvalue weighted by molar-refractivity contribution is 7.47. The summed E-state index contributed by atoms with van der Waals surface area (Å²) in [7, 11) is -9.88. The van der Waals surface area contributed by atoms with Crippen LogP contribution < -0.4 is 0 Å². The number of esters is 4. The second-order valence-electron chi connectivity index (χ2n) is 24.7. The van der Waals surface area contributed by atoms with E-state index in [0.29, 0.717) is 25.7 Å². The Morgan fingerprint density at radius 1 is 0.314 bits per heavy atom. The van der Waals surface area contributed by atoms with Crippen molar-refractivity contribution < 1.29 is 80.2 Å². The second kappa shape index (κ2) is 60.6. The summed E-state index contributed by atoms with van der Waals surface area (Å²) in [6.45, 7) is 7.12. The van der Waals surface area contributed by atoms with Crippen molar-refractivity contribution in [2.45, 2.75) is 361 Å². The standard InChI is InChI=1S/C67H130O17P2/c1-6-9-12-15-17-19-21-23-25-27-29-33-37-42-47-52-66(71)84-63(57-78-65(70)51-46-41-36-32-28-26-24-22-20-18-16-13-10-7-2)59-82-86(75,76)80-55-61(68)54-79-85(73,74)81-58-62(56-77-64(69)50-45-39-14-11-8-3)83-67(72)53-48-43-38-34-30-31-35-40-44-49-60(4)5/h60-63,68H,6-59H2,1-5H3,(H,73,74)(H,75,76)/t61-,62+,63+/m0/s1. The van der Waals surface area contributed by atoms with Gasteiger partial charge in [0.05, 0.1) is 26.4 Å². The summed E-state index contributed by atoms with van der Waals surface area (Å²) in [5.41, 5.74) is 0. The van der Waals surface area contributed by atoms with Crippen LogP contribution in [0, 0.1) is 5.92 Å². The Kier molecular flexibility index (Phi) is 59.2. The molecule has 0 bridgehead atoms. The van der Waals surface area contributed by atoms with Crippen molar-refractivity contribution in [3.8, 4) is 0 Å². The van der Waals surface area contributed by atoms with Gasteiger partial charge in [-0.2, -0.15) is 0 Å². The zero-order valence-electron chi connectivity index (χ0n) is 55.4. The molecule has 0 fully saturated rings. The van der Waals surface area contributed by atoms with E-state index in [1.54, 1.807) is 0 Å². The lowest BCUT2D eigenvalue weighted by Gasteiger charge is -2.21. The van der Waals surface area contributed by atoms with Crippen LogP contribution >= 0.6 is 15.6 Å². The number of carbonyl (C=O) groups excluding carboxylic acids is 4. The first-order chi connectivity index (χ1) is 41.5. The first-order valence-corrected chi connectivity index (χ1v) is 38.1. The fourth-order valence-electron chi connectivity index (χ4n) is 10.1. The normalized spacial score (nSPS) is 14.2. The molecule has 0 aromatic rings. The van der Waals surface area contributed by atoms with Gasteiger partial charge >= 0.3 is 39.5 Å². The molecule has 86 heavy (non-hydrogen) atoms. The van der Waals surface area contributed by atoms with E-state index < -0.39 is 97.5 Å². The fourth-order valence-corrected chi connectivity index (χ4v) is 11.7. The molecule has 5 atom stereocenters. The number of phosphoric acid groups is 2. The molecule has 0 spiro atoms. The summed E-state index contributed by atoms with van der Waals surface area (Å²) < 4.78 is 68.0. The number of hydrogen-bond acceptors (Lipinski definition) is 15. The highest BCUT2D eigenvalue weighted by Gasteiger charge is 2.30. The van der Waals surface area contributed by atoms with Gasteiger partial charge in [-0.15, -0.1) is 0 Å². The zero-order chi connectivity index (χ0) is 63.5. The third-order valence-electron chi connectivity index (χ3n) is 15.5. The van der Waals surface area contributed by atoms with Gasteiger partial charge in [-0.1, -0.05) is 291 Å². The molecule has 0 radical (unpaired) electrons. The van der Waals surface area contributed by atoms with Crippen LogP contribution in [0.25, 0.3) is 0 Å². The van der Waals surface area contributed by atoms with Crippen LogP contribution in [0.4, 0.5) is 0 Å². The smallest absolute Gasteiger partial charge is 0.462 e. The number of carbonyl (C=O) groups is 4. The van der Waals surface area contributed by atoms with Gasteiger partial charge in [-0.05, 0) is 31.6 Å². The molecule has 0 saturated carbocycles. The summed E-state index contributed by atoms with van der Waals surface area (Å²) >= 11 is 0. The minimum Gasteiger partial charge on any atom is -0.462 e. The molecule has 0 heterocycles. The minimum absolute atomic E-state index is 0.105. The molecule has 17 nitrogen and oxygen atoms in total. The molecule has 19 heteroatoms. The van der Waals surface area contributed by atoms with Crippen molar-refractivity contribution in [2.24, 2.45) is 5.92 Å². The van der Waals surface area contributed by atoms with Gasteiger partial charge in [-0.25, -0.2) is 9.13 Å². The van der Waals surface area contributed by atoms with Crippen LogP contribution in [0.5, 0.6) is 0 Å². The van der Waals surface area contributed by atoms with E-state index in [1.807, 2.05) is 0 Å². The third-order valence-corrected chi connectivity index (χ3v) is 17.4. The van der Waals surface area contributed by atoms with Crippen molar-refractivity contribution in [1.82, 2.24) is 0 Å². The Morgan fingerprint density at radius 3 is 0.791 bits per heavy atom. The number of hydrogen-bond donors (Lipinski definition) is 3. The molecule has 0 aliphatic rings. The van der Waals surface area contributed by atoms with Gasteiger partial charge in [0.15, 0.2) is 12.2 Å². The van der Waals surface area contributed by atoms with Crippen molar-refractivity contribution in [2.75, 3.05) is 39.6 Å². The minimum atomic E-state index is -4.95. The van der Waals surface area contributed by atoms with Crippen LogP contribution in [0.2, 0.25) is 0 Å². The molecule has 510 valence electrons. The van der Waals surface area contributed by atoms with E-state index in [1.165, 1.54) is 161 Å². The van der Waals surface area contributed by atoms with E-state index in [4.69, 9.17) is 37.0 Å². The highest BCUT2D eigenvalue weighted by Crippen LogP contribution is 2.45. The van der Waals surface area contributed by atoms with Gasteiger partial charge in [0.2, 0.25) is 0 Å². The SMILES string of the molecule is CCCCCCCCCCCCCCCCCC(=O)O[C@H](COC(=O)CCCCCCCCCCCCCCCC)COP(=O)(O)OC[C@@H](O)COP(=O)(O)OC[C@@H](COC(=O)CCCCCCC)OC(=O)CCCCCCCCCCCC(C)C. The third kappa shape index (κ3) is 60.9. The van der Waals surface area contributed by atoms with E-state index in [0.717, 1.165) is 102 Å². The van der Waals surface area contributed by atoms with Crippen molar-refractivity contribution in [1.29, 1.82) is 0 Å². The molecule has 0 aliphatic carbocycles. The molecule has 0 aromatic heterocycles. The van der Waals surface area contributed by atoms with Crippen molar-refractivity contribution in [3.63, 3.8) is 0 Å². The number of unbranched alkanes of at least 4 members (excludes halogenated alkanes) is 39. The predicted molar refractivity (Wildman–Crippen MR) is 345 cm³/mol. The lowest BCUT2D eigenvalue weighted by Crippen LogP contribution is -2.30.